The van der Waals surface area contributed by atoms with E-state index in [1.807, 2.05) is 0 Å². The molecule has 0 saturated carbocycles. The van der Waals surface area contributed by atoms with Gasteiger partial charge in [0, 0.05) is 12.6 Å². The van der Waals surface area contributed by atoms with Gasteiger partial charge in [0.1, 0.15) is 0 Å². The van der Waals surface area contributed by atoms with Gasteiger partial charge in [-0.25, -0.2) is 0 Å². The molecule has 0 radical (unpaired) electrons. The first kappa shape index (κ1) is 15.5. The average molecular weight is 274 g/mol. The fourth-order valence-corrected chi connectivity index (χ4v) is 3.38. The number of nitrogens with two attached hydrogens (primary N) is 1. The van der Waals surface area contributed by atoms with Crippen LogP contribution in [0.1, 0.15) is 55.3 Å². The van der Waals surface area contributed by atoms with E-state index in [9.17, 15) is 0 Å². The van der Waals surface area contributed by atoms with Crippen molar-refractivity contribution in [1.29, 1.82) is 0 Å². The van der Waals surface area contributed by atoms with E-state index in [0.717, 1.165) is 12.5 Å². The molecule has 2 heteroatoms. The Morgan fingerprint density at radius 3 is 2.65 bits per heavy atom. The minimum atomic E-state index is 0.393. The van der Waals surface area contributed by atoms with Crippen LogP contribution in [0.5, 0.6) is 0 Å². The maximum Gasteiger partial charge on any atom is 0.0470 e. The van der Waals surface area contributed by atoms with Gasteiger partial charge >= 0.3 is 0 Å². The molecule has 0 amide bonds. The number of hydrogen-bond donors (Lipinski definition) is 1. The fourth-order valence-electron chi connectivity index (χ4n) is 3.38. The number of rotatable bonds is 4. The Bertz CT molecular complexity index is 427. The number of aryl methyl sites for hydroxylation is 2. The molecule has 20 heavy (non-hydrogen) atoms. The van der Waals surface area contributed by atoms with Crippen LogP contribution >= 0.6 is 0 Å². The second-order valence-electron chi connectivity index (χ2n) is 6.34. The zero-order valence-corrected chi connectivity index (χ0v) is 13.4. The Kier molecular flexibility index (Phi) is 5.62. The van der Waals surface area contributed by atoms with E-state index in [0.29, 0.717) is 6.04 Å². The van der Waals surface area contributed by atoms with Crippen molar-refractivity contribution in [3.8, 4) is 0 Å². The van der Waals surface area contributed by atoms with E-state index in [-0.39, 0.29) is 0 Å². The van der Waals surface area contributed by atoms with Crippen LogP contribution in [0.15, 0.2) is 18.2 Å². The summed E-state index contributed by atoms with van der Waals surface area (Å²) in [7, 11) is 0. The van der Waals surface area contributed by atoms with Crippen LogP contribution in [0.2, 0.25) is 0 Å². The fraction of sp³-hybridized carbons (Fsp3) is 0.667. The molecule has 1 aromatic rings. The van der Waals surface area contributed by atoms with Crippen LogP contribution < -0.4 is 5.73 Å². The molecule has 2 nitrogen and oxygen atoms in total. The van der Waals surface area contributed by atoms with E-state index in [1.165, 1.54) is 55.5 Å². The predicted octanol–water partition coefficient (Wildman–Crippen LogP) is 3.82. The number of likely N-dealkylation sites (tertiary alicyclic amines) is 1. The number of nitrogens with zero attached hydrogens (tertiary/aromatic N) is 1. The smallest absolute Gasteiger partial charge is 0.0470 e. The first-order valence-corrected chi connectivity index (χ1v) is 8.17. The van der Waals surface area contributed by atoms with Crippen molar-refractivity contribution in [1.82, 2.24) is 4.90 Å². The van der Waals surface area contributed by atoms with Crippen LogP contribution in [0, 0.1) is 19.8 Å². The van der Waals surface area contributed by atoms with E-state index < -0.39 is 0 Å². The first-order chi connectivity index (χ1) is 9.65. The Morgan fingerprint density at radius 1 is 1.20 bits per heavy atom. The summed E-state index contributed by atoms with van der Waals surface area (Å²) in [5.41, 5.74) is 10.2. The molecule has 1 heterocycles. The van der Waals surface area contributed by atoms with Gasteiger partial charge in [0.2, 0.25) is 0 Å². The summed E-state index contributed by atoms with van der Waals surface area (Å²) in [6.45, 7) is 9.82. The van der Waals surface area contributed by atoms with E-state index in [1.54, 1.807) is 0 Å². The molecule has 2 N–H and O–H groups in total. The molecule has 112 valence electrons. The van der Waals surface area contributed by atoms with Gasteiger partial charge in [-0.1, -0.05) is 31.5 Å². The molecule has 0 aromatic heterocycles. The highest BCUT2D eigenvalue weighted by atomic mass is 15.2. The standard InChI is InChI=1S/C18H30N2/c1-4-16-6-5-10-20(11-9-16)18(13-19)17-8-7-14(2)15(3)12-17/h7-8,12,16,18H,4-6,9-11,13,19H2,1-3H3. The van der Waals surface area contributed by atoms with Gasteiger partial charge in [0.15, 0.2) is 0 Å². The van der Waals surface area contributed by atoms with Crippen molar-refractivity contribution in [3.05, 3.63) is 34.9 Å². The molecule has 1 aliphatic heterocycles. The lowest BCUT2D eigenvalue weighted by Crippen LogP contribution is -2.34. The van der Waals surface area contributed by atoms with Gasteiger partial charge in [-0.3, -0.25) is 4.90 Å². The summed E-state index contributed by atoms with van der Waals surface area (Å²) in [6.07, 6.45) is 5.36. The second-order valence-corrected chi connectivity index (χ2v) is 6.34. The Balaban J connectivity index is 2.12. The van der Waals surface area contributed by atoms with Crippen LogP contribution in [0.3, 0.4) is 0 Å². The second kappa shape index (κ2) is 7.24. The summed E-state index contributed by atoms with van der Waals surface area (Å²) >= 11 is 0. The van der Waals surface area contributed by atoms with Crippen molar-refractivity contribution in [2.45, 2.75) is 52.5 Å². The monoisotopic (exact) mass is 274 g/mol. The average Bonchev–Trinajstić information content (AvgIpc) is 2.69. The highest BCUT2D eigenvalue weighted by Crippen LogP contribution is 2.27. The van der Waals surface area contributed by atoms with Crippen molar-refractivity contribution in [2.24, 2.45) is 11.7 Å². The lowest BCUT2D eigenvalue weighted by atomic mass is 9.98. The van der Waals surface area contributed by atoms with Gasteiger partial charge < -0.3 is 5.73 Å². The van der Waals surface area contributed by atoms with Gasteiger partial charge in [-0.05, 0) is 68.8 Å². The molecule has 0 spiro atoms. The van der Waals surface area contributed by atoms with Crippen molar-refractivity contribution in [3.63, 3.8) is 0 Å². The first-order valence-electron chi connectivity index (χ1n) is 8.17. The maximum absolute atomic E-state index is 6.10. The van der Waals surface area contributed by atoms with Gasteiger partial charge in [-0.2, -0.15) is 0 Å². The normalized spacial score (nSPS) is 22.5. The zero-order valence-electron chi connectivity index (χ0n) is 13.4. The molecular weight excluding hydrogens is 244 g/mol. The third kappa shape index (κ3) is 3.62. The molecule has 2 rings (SSSR count). The summed E-state index contributed by atoms with van der Waals surface area (Å²) in [5, 5.41) is 0. The Labute approximate surface area is 124 Å². The van der Waals surface area contributed by atoms with Gasteiger partial charge in [-0.15, -0.1) is 0 Å². The molecule has 2 atom stereocenters. The van der Waals surface area contributed by atoms with Crippen LogP contribution in [-0.2, 0) is 0 Å². The highest BCUT2D eigenvalue weighted by molar-refractivity contribution is 5.32. The van der Waals surface area contributed by atoms with Crippen LogP contribution in [0.25, 0.3) is 0 Å². The largest absolute Gasteiger partial charge is 0.329 e. The third-order valence-electron chi connectivity index (χ3n) is 5.04. The summed E-state index contributed by atoms with van der Waals surface area (Å²) in [6, 6.07) is 7.22. The van der Waals surface area contributed by atoms with E-state index in [4.69, 9.17) is 5.73 Å². The highest BCUT2D eigenvalue weighted by Gasteiger charge is 2.23. The molecule has 1 aromatic carbocycles. The summed E-state index contributed by atoms with van der Waals surface area (Å²) in [5.74, 6) is 0.915. The SMILES string of the molecule is CCC1CCCN(C(CN)c2ccc(C)c(C)c2)CC1. The maximum atomic E-state index is 6.10. The minimum Gasteiger partial charge on any atom is -0.329 e. The van der Waals surface area contributed by atoms with Crippen LogP contribution in [-0.4, -0.2) is 24.5 Å². The van der Waals surface area contributed by atoms with Gasteiger partial charge in [0.25, 0.3) is 0 Å². The quantitative estimate of drug-likeness (QED) is 0.904. The van der Waals surface area contributed by atoms with Crippen molar-refractivity contribution < 1.29 is 0 Å². The number of benzene rings is 1. The van der Waals surface area contributed by atoms with Crippen LogP contribution in [0.4, 0.5) is 0 Å². The van der Waals surface area contributed by atoms with Crippen molar-refractivity contribution in [2.75, 3.05) is 19.6 Å². The Morgan fingerprint density at radius 2 is 2.00 bits per heavy atom. The van der Waals surface area contributed by atoms with E-state index in [2.05, 4.69) is 43.9 Å². The zero-order chi connectivity index (χ0) is 14.5. The molecule has 0 aliphatic carbocycles. The molecule has 2 unspecified atom stereocenters. The summed E-state index contributed by atoms with van der Waals surface area (Å²) < 4.78 is 0. The molecule has 0 bridgehead atoms. The molecular formula is C18H30N2. The topological polar surface area (TPSA) is 29.3 Å². The molecule has 1 aliphatic rings. The third-order valence-corrected chi connectivity index (χ3v) is 5.04. The molecule has 1 fully saturated rings. The lowest BCUT2D eigenvalue weighted by Gasteiger charge is -2.30. The predicted molar refractivity (Wildman–Crippen MR) is 86.9 cm³/mol. The van der Waals surface area contributed by atoms with E-state index >= 15 is 0 Å². The number of hydrogen-bond acceptors (Lipinski definition) is 2. The van der Waals surface area contributed by atoms with Gasteiger partial charge in [0.05, 0.1) is 0 Å². The van der Waals surface area contributed by atoms with Crippen molar-refractivity contribution >= 4 is 0 Å². The molecule has 1 saturated heterocycles. The Hall–Kier alpha value is -0.860. The lowest BCUT2D eigenvalue weighted by molar-refractivity contribution is 0.206. The minimum absolute atomic E-state index is 0.393. The summed E-state index contributed by atoms with van der Waals surface area (Å²) in [4.78, 5) is 2.61.